The molecule has 1 aromatic rings. The molecule has 3 atom stereocenters. The zero-order valence-electron chi connectivity index (χ0n) is 14.4. The van der Waals surface area contributed by atoms with Crippen LogP contribution in [0.5, 0.6) is 5.75 Å². The second-order valence-corrected chi connectivity index (χ2v) is 7.76. The Hall–Kier alpha value is -1.57. The van der Waals surface area contributed by atoms with Crippen molar-refractivity contribution in [2.75, 3.05) is 7.11 Å². The Morgan fingerprint density at radius 3 is 2.78 bits per heavy atom. The molecule has 0 amide bonds. The van der Waals surface area contributed by atoms with Gasteiger partial charge in [-0.1, -0.05) is 24.6 Å². The minimum Gasteiger partial charge on any atom is -0.496 e. The topological polar surface area (TPSA) is 26.3 Å². The van der Waals surface area contributed by atoms with E-state index in [0.717, 1.165) is 37.0 Å². The van der Waals surface area contributed by atoms with Crippen LogP contribution in [-0.4, -0.2) is 12.9 Å². The summed E-state index contributed by atoms with van der Waals surface area (Å²) in [6.07, 6.45) is 6.38. The summed E-state index contributed by atoms with van der Waals surface area (Å²) in [5, 5.41) is 0. The maximum absolute atomic E-state index is 12.2. The molecule has 0 heterocycles. The molecule has 1 saturated carbocycles. The van der Waals surface area contributed by atoms with Crippen LogP contribution in [0.25, 0.3) is 0 Å². The van der Waals surface area contributed by atoms with Gasteiger partial charge in [-0.15, -0.1) is 0 Å². The van der Waals surface area contributed by atoms with Crippen LogP contribution in [0.4, 0.5) is 0 Å². The molecule has 23 heavy (non-hydrogen) atoms. The van der Waals surface area contributed by atoms with E-state index in [-0.39, 0.29) is 5.41 Å². The molecule has 2 heteroatoms. The van der Waals surface area contributed by atoms with Gasteiger partial charge >= 0.3 is 0 Å². The van der Waals surface area contributed by atoms with E-state index < -0.39 is 0 Å². The van der Waals surface area contributed by atoms with E-state index >= 15 is 0 Å². The first-order valence-corrected chi connectivity index (χ1v) is 8.95. The minimum atomic E-state index is 0.224. The quantitative estimate of drug-likeness (QED) is 0.743. The molecule has 0 radical (unpaired) electrons. The fourth-order valence-corrected chi connectivity index (χ4v) is 5.72. The third-order valence-electron chi connectivity index (χ3n) is 6.94. The Morgan fingerprint density at radius 1 is 1.17 bits per heavy atom. The van der Waals surface area contributed by atoms with Gasteiger partial charge in [-0.2, -0.15) is 0 Å². The number of benzene rings is 1. The number of ketones is 1. The van der Waals surface area contributed by atoms with Crippen molar-refractivity contribution in [1.29, 1.82) is 0 Å². The Balaban J connectivity index is 1.79. The van der Waals surface area contributed by atoms with Crippen LogP contribution < -0.4 is 4.74 Å². The van der Waals surface area contributed by atoms with Crippen LogP contribution in [0.1, 0.15) is 63.0 Å². The lowest BCUT2D eigenvalue weighted by Crippen LogP contribution is -2.43. The van der Waals surface area contributed by atoms with Gasteiger partial charge in [0.1, 0.15) is 5.75 Å². The largest absolute Gasteiger partial charge is 0.496 e. The first-order valence-electron chi connectivity index (χ1n) is 8.95. The standard InChI is InChI=1S/C21H26O2/c1-13-17-9-7-15-14-5-4-6-20(23-3)16(14)8-10-18(15)21(17,2)12-11-19(13)22/h4-6,15,18H,7-12H2,1-3H3/t15-,18-,21-/m1/s1. The summed E-state index contributed by atoms with van der Waals surface area (Å²) in [6, 6.07) is 6.55. The fraction of sp³-hybridized carbons (Fsp3) is 0.571. The number of methoxy groups -OCH3 is 1. The van der Waals surface area contributed by atoms with Gasteiger partial charge in [0.05, 0.1) is 7.11 Å². The van der Waals surface area contributed by atoms with Gasteiger partial charge in [0.2, 0.25) is 0 Å². The molecule has 0 unspecified atom stereocenters. The second-order valence-electron chi connectivity index (χ2n) is 7.76. The van der Waals surface area contributed by atoms with E-state index in [4.69, 9.17) is 4.74 Å². The molecule has 0 bridgehead atoms. The molecule has 0 N–H and O–H groups in total. The summed E-state index contributed by atoms with van der Waals surface area (Å²) in [5.41, 5.74) is 5.71. The van der Waals surface area contributed by atoms with Gasteiger partial charge in [0.15, 0.2) is 5.78 Å². The highest BCUT2D eigenvalue weighted by Crippen LogP contribution is 2.60. The van der Waals surface area contributed by atoms with Crippen LogP contribution in [-0.2, 0) is 11.2 Å². The smallest absolute Gasteiger partial charge is 0.158 e. The molecule has 0 aliphatic heterocycles. The molecule has 4 rings (SSSR count). The maximum Gasteiger partial charge on any atom is 0.158 e. The zero-order valence-corrected chi connectivity index (χ0v) is 14.4. The molecule has 3 aliphatic rings. The molecule has 1 fully saturated rings. The molecule has 0 spiro atoms. The van der Waals surface area contributed by atoms with E-state index in [9.17, 15) is 4.79 Å². The van der Waals surface area contributed by atoms with Gasteiger partial charge in [-0.25, -0.2) is 0 Å². The molecular weight excluding hydrogens is 284 g/mol. The number of Topliss-reactive ketones (excluding diaryl/α,β-unsaturated/α-hetero) is 1. The molecule has 0 saturated heterocycles. The van der Waals surface area contributed by atoms with Crippen molar-refractivity contribution < 1.29 is 9.53 Å². The number of carbonyl (C=O) groups is 1. The third-order valence-corrected chi connectivity index (χ3v) is 6.94. The highest BCUT2D eigenvalue weighted by atomic mass is 16.5. The lowest BCUT2D eigenvalue weighted by molar-refractivity contribution is -0.117. The van der Waals surface area contributed by atoms with Gasteiger partial charge in [-0.3, -0.25) is 4.79 Å². The Bertz CT molecular complexity index is 700. The number of ether oxygens (including phenoxy) is 1. The summed E-state index contributed by atoms with van der Waals surface area (Å²) < 4.78 is 5.60. The van der Waals surface area contributed by atoms with E-state index in [2.05, 4.69) is 32.0 Å². The summed E-state index contributed by atoms with van der Waals surface area (Å²) in [6.45, 7) is 4.50. The van der Waals surface area contributed by atoms with Crippen molar-refractivity contribution in [3.05, 3.63) is 40.5 Å². The maximum atomic E-state index is 12.2. The van der Waals surface area contributed by atoms with Crippen molar-refractivity contribution in [3.8, 4) is 5.75 Å². The highest BCUT2D eigenvalue weighted by molar-refractivity contribution is 5.96. The highest BCUT2D eigenvalue weighted by Gasteiger charge is 2.50. The normalized spacial score (nSPS) is 32.9. The first kappa shape index (κ1) is 15.0. The predicted octanol–water partition coefficient (Wildman–Crippen LogP) is 4.82. The van der Waals surface area contributed by atoms with E-state index in [0.29, 0.717) is 17.6 Å². The summed E-state index contributed by atoms with van der Waals surface area (Å²) >= 11 is 0. The lowest BCUT2D eigenvalue weighted by Gasteiger charge is -2.53. The molecule has 122 valence electrons. The van der Waals surface area contributed by atoms with E-state index in [1.807, 2.05) is 0 Å². The Morgan fingerprint density at radius 2 is 2.00 bits per heavy atom. The average Bonchev–Trinajstić information content (AvgIpc) is 2.57. The van der Waals surface area contributed by atoms with Gasteiger partial charge in [0, 0.05) is 6.42 Å². The SMILES string of the molecule is COc1cccc2c1CC[C@@H]1[C@@H]2CCC2=C(C)C(=O)CC[C@]21C. The van der Waals surface area contributed by atoms with Crippen LogP contribution in [0.15, 0.2) is 29.3 Å². The Kier molecular flexibility index (Phi) is 3.40. The Labute approximate surface area is 138 Å². The van der Waals surface area contributed by atoms with Crippen molar-refractivity contribution >= 4 is 5.78 Å². The van der Waals surface area contributed by atoms with Crippen LogP contribution in [0, 0.1) is 11.3 Å². The zero-order chi connectivity index (χ0) is 16.2. The second kappa shape index (κ2) is 5.22. The molecular formula is C21H26O2. The van der Waals surface area contributed by atoms with E-state index in [1.54, 1.807) is 7.11 Å². The average molecular weight is 310 g/mol. The fourth-order valence-electron chi connectivity index (χ4n) is 5.72. The predicted molar refractivity (Wildman–Crippen MR) is 91.8 cm³/mol. The lowest BCUT2D eigenvalue weighted by atomic mass is 9.51. The van der Waals surface area contributed by atoms with Crippen molar-refractivity contribution in [2.45, 2.75) is 58.3 Å². The van der Waals surface area contributed by atoms with Gasteiger partial charge < -0.3 is 4.74 Å². The van der Waals surface area contributed by atoms with Gasteiger partial charge in [-0.05, 0) is 79.0 Å². The van der Waals surface area contributed by atoms with Crippen molar-refractivity contribution in [3.63, 3.8) is 0 Å². The summed E-state index contributed by atoms with van der Waals surface area (Å²) in [4.78, 5) is 12.2. The van der Waals surface area contributed by atoms with Crippen molar-refractivity contribution in [1.82, 2.24) is 0 Å². The summed E-state index contributed by atoms with van der Waals surface area (Å²) in [7, 11) is 1.78. The number of hydrogen-bond donors (Lipinski definition) is 0. The summed E-state index contributed by atoms with van der Waals surface area (Å²) in [5.74, 6) is 2.74. The van der Waals surface area contributed by atoms with E-state index in [1.165, 1.54) is 29.5 Å². The number of fused-ring (bicyclic) bond motifs is 5. The molecule has 2 nitrogen and oxygen atoms in total. The molecule has 3 aliphatic carbocycles. The first-order chi connectivity index (χ1) is 11.1. The number of hydrogen-bond acceptors (Lipinski definition) is 2. The number of rotatable bonds is 1. The monoisotopic (exact) mass is 310 g/mol. The third kappa shape index (κ3) is 2.03. The van der Waals surface area contributed by atoms with Crippen LogP contribution in [0.3, 0.4) is 0 Å². The van der Waals surface area contributed by atoms with Crippen LogP contribution in [0.2, 0.25) is 0 Å². The van der Waals surface area contributed by atoms with Crippen LogP contribution >= 0.6 is 0 Å². The van der Waals surface area contributed by atoms with Gasteiger partial charge in [0.25, 0.3) is 0 Å². The number of carbonyl (C=O) groups excluding carboxylic acids is 1. The number of allylic oxidation sites excluding steroid dienone is 2. The molecule has 0 aromatic heterocycles. The van der Waals surface area contributed by atoms with Crippen molar-refractivity contribution in [2.24, 2.45) is 11.3 Å². The molecule has 1 aromatic carbocycles. The minimum absolute atomic E-state index is 0.224.